The number of nitrogens with one attached hydrogen (secondary N) is 1. The smallest absolute Gasteiger partial charge is 0.264 e. The quantitative estimate of drug-likeness (QED) is 0.338. The molecule has 0 aliphatic rings. The number of benzene rings is 3. The molecule has 0 fully saturated rings. The van der Waals surface area contributed by atoms with E-state index in [1.54, 1.807) is 25.1 Å². The monoisotopic (exact) mass is 603 g/mol. The van der Waals surface area contributed by atoms with Crippen LogP contribution in [0.15, 0.2) is 71.6 Å². The number of methoxy groups -OCH3 is 1. The fourth-order valence-electron chi connectivity index (χ4n) is 4.05. The van der Waals surface area contributed by atoms with Gasteiger partial charge in [0, 0.05) is 17.1 Å². The van der Waals surface area contributed by atoms with Crippen LogP contribution in [0, 0.1) is 12.7 Å². The van der Waals surface area contributed by atoms with E-state index in [2.05, 4.69) is 5.32 Å². The highest BCUT2D eigenvalue weighted by atomic mass is 35.5. The van der Waals surface area contributed by atoms with Crippen LogP contribution in [0.25, 0.3) is 0 Å². The number of hydrogen-bond acceptors (Lipinski definition) is 5. The molecule has 11 heteroatoms. The zero-order valence-electron chi connectivity index (χ0n) is 23.9. The van der Waals surface area contributed by atoms with E-state index in [-0.39, 0.29) is 27.9 Å². The Hall–Kier alpha value is -3.63. The van der Waals surface area contributed by atoms with E-state index in [1.807, 2.05) is 27.7 Å². The molecular formula is C30H35ClFN3O5S. The van der Waals surface area contributed by atoms with Crippen LogP contribution in [0.3, 0.4) is 0 Å². The number of hydrogen-bond donors (Lipinski definition) is 1. The third kappa shape index (κ3) is 8.20. The van der Waals surface area contributed by atoms with Crippen molar-refractivity contribution in [1.82, 2.24) is 10.2 Å². The van der Waals surface area contributed by atoms with Crippen molar-refractivity contribution in [3.05, 3.63) is 88.7 Å². The minimum atomic E-state index is -4.30. The van der Waals surface area contributed by atoms with Gasteiger partial charge in [0.15, 0.2) is 0 Å². The fraction of sp³-hybridized carbons (Fsp3) is 0.333. The maximum absolute atomic E-state index is 14.0. The van der Waals surface area contributed by atoms with Crippen LogP contribution in [-0.2, 0) is 26.2 Å². The first-order valence-electron chi connectivity index (χ1n) is 12.9. The second-order valence-corrected chi connectivity index (χ2v) is 13.0. The topological polar surface area (TPSA) is 96.0 Å². The Bertz CT molecular complexity index is 1490. The number of sulfonamides is 1. The van der Waals surface area contributed by atoms with E-state index in [1.165, 1.54) is 60.5 Å². The van der Waals surface area contributed by atoms with Crippen LogP contribution in [0.5, 0.6) is 5.75 Å². The molecule has 0 saturated carbocycles. The highest BCUT2D eigenvalue weighted by Gasteiger charge is 2.34. The predicted molar refractivity (Wildman–Crippen MR) is 158 cm³/mol. The van der Waals surface area contributed by atoms with Crippen LogP contribution in [0.1, 0.15) is 38.8 Å². The minimum absolute atomic E-state index is 0.0402. The van der Waals surface area contributed by atoms with Gasteiger partial charge in [-0.25, -0.2) is 12.8 Å². The molecule has 3 rings (SSSR count). The molecule has 0 heterocycles. The molecule has 0 aliphatic heterocycles. The summed E-state index contributed by atoms with van der Waals surface area (Å²) in [5.41, 5.74) is 0.896. The van der Waals surface area contributed by atoms with Crippen molar-refractivity contribution in [3.63, 3.8) is 0 Å². The first-order valence-corrected chi connectivity index (χ1v) is 14.7. The first kappa shape index (κ1) is 31.9. The summed E-state index contributed by atoms with van der Waals surface area (Å²) in [5, 5.41) is 3.09. The maximum Gasteiger partial charge on any atom is 0.264 e. The van der Waals surface area contributed by atoms with Crippen LogP contribution in [-0.4, -0.2) is 50.4 Å². The summed E-state index contributed by atoms with van der Waals surface area (Å²) >= 11 is 6.25. The molecule has 0 saturated heterocycles. The van der Waals surface area contributed by atoms with Crippen molar-refractivity contribution in [2.24, 2.45) is 0 Å². The normalized spacial score (nSPS) is 12.4. The van der Waals surface area contributed by atoms with E-state index in [0.717, 1.165) is 9.87 Å². The third-order valence-electron chi connectivity index (χ3n) is 6.23. The number of aryl methyl sites for hydroxylation is 1. The minimum Gasteiger partial charge on any atom is -0.495 e. The van der Waals surface area contributed by atoms with Crippen LogP contribution < -0.4 is 14.4 Å². The molecule has 1 atom stereocenters. The molecule has 3 aromatic rings. The van der Waals surface area contributed by atoms with E-state index in [4.69, 9.17) is 16.3 Å². The highest BCUT2D eigenvalue weighted by molar-refractivity contribution is 7.92. The van der Waals surface area contributed by atoms with E-state index in [0.29, 0.717) is 5.56 Å². The fourth-order valence-corrected chi connectivity index (χ4v) is 5.63. The van der Waals surface area contributed by atoms with Crippen molar-refractivity contribution in [2.45, 2.75) is 57.6 Å². The Labute approximate surface area is 246 Å². The number of rotatable bonds is 10. The lowest BCUT2D eigenvalue weighted by molar-refractivity contribution is -0.140. The lowest BCUT2D eigenvalue weighted by Gasteiger charge is -2.33. The summed E-state index contributed by atoms with van der Waals surface area (Å²) in [6, 6.07) is 15.2. The van der Waals surface area contributed by atoms with Gasteiger partial charge in [-0.15, -0.1) is 0 Å². The molecule has 8 nitrogen and oxygen atoms in total. The summed E-state index contributed by atoms with van der Waals surface area (Å²) in [6.07, 6.45) is 0. The van der Waals surface area contributed by atoms with Crippen molar-refractivity contribution in [3.8, 4) is 5.75 Å². The molecule has 0 unspecified atom stereocenters. The van der Waals surface area contributed by atoms with Gasteiger partial charge in [0.2, 0.25) is 11.8 Å². The predicted octanol–water partition coefficient (Wildman–Crippen LogP) is 5.32. The number of anilines is 1. The molecule has 220 valence electrons. The average Bonchev–Trinajstić information content (AvgIpc) is 2.90. The van der Waals surface area contributed by atoms with Crippen LogP contribution in [0.2, 0.25) is 5.02 Å². The lowest BCUT2D eigenvalue weighted by Crippen LogP contribution is -2.54. The molecular weight excluding hydrogens is 569 g/mol. The first-order chi connectivity index (χ1) is 19.1. The van der Waals surface area contributed by atoms with Crippen molar-refractivity contribution in [1.29, 1.82) is 0 Å². The molecule has 3 aromatic carbocycles. The van der Waals surface area contributed by atoms with E-state index >= 15 is 0 Å². The molecule has 0 bridgehead atoms. The van der Waals surface area contributed by atoms with Gasteiger partial charge in [-0.05, 0) is 82.6 Å². The van der Waals surface area contributed by atoms with Gasteiger partial charge < -0.3 is 15.0 Å². The van der Waals surface area contributed by atoms with Gasteiger partial charge in [-0.1, -0.05) is 41.4 Å². The second kappa shape index (κ2) is 12.9. The Morgan fingerprint density at radius 2 is 1.63 bits per heavy atom. The van der Waals surface area contributed by atoms with Gasteiger partial charge in [-0.2, -0.15) is 0 Å². The zero-order chi connectivity index (χ0) is 30.5. The zero-order valence-corrected chi connectivity index (χ0v) is 25.5. The maximum atomic E-state index is 14.0. The van der Waals surface area contributed by atoms with E-state index < -0.39 is 45.8 Å². The standard InChI is InChI=1S/C30H35ClFN3O5S/c1-20-7-14-25(15-8-20)41(38,39)35(26-17-23(31)11-16-27(26)40-6)19-28(36)34(18-22-9-12-24(32)13-10-22)21(2)29(37)33-30(3,4)5/h7-17,21H,18-19H2,1-6H3,(H,33,37)/t21-/m1/s1. The van der Waals surface area contributed by atoms with Gasteiger partial charge in [-0.3, -0.25) is 13.9 Å². The molecule has 0 radical (unpaired) electrons. The average molecular weight is 604 g/mol. The summed E-state index contributed by atoms with van der Waals surface area (Å²) in [6.45, 7) is 8.09. The summed E-state index contributed by atoms with van der Waals surface area (Å²) < 4.78 is 48.0. The van der Waals surface area contributed by atoms with Gasteiger partial charge >= 0.3 is 0 Å². The third-order valence-corrected chi connectivity index (χ3v) is 8.24. The Morgan fingerprint density at radius 3 is 2.20 bits per heavy atom. The number of carbonyl (C=O) groups is 2. The number of ether oxygens (including phenoxy) is 1. The molecule has 2 amide bonds. The van der Waals surface area contributed by atoms with Gasteiger partial charge in [0.25, 0.3) is 10.0 Å². The number of amides is 2. The number of nitrogens with zero attached hydrogens (tertiary/aromatic N) is 2. The molecule has 41 heavy (non-hydrogen) atoms. The summed E-state index contributed by atoms with van der Waals surface area (Å²) in [4.78, 5) is 28.4. The van der Waals surface area contributed by atoms with Crippen LogP contribution >= 0.6 is 11.6 Å². The highest BCUT2D eigenvalue weighted by Crippen LogP contribution is 2.35. The van der Waals surface area contributed by atoms with Gasteiger partial charge in [0.1, 0.15) is 24.2 Å². The SMILES string of the molecule is COc1ccc(Cl)cc1N(CC(=O)N(Cc1ccc(F)cc1)[C@H](C)C(=O)NC(C)(C)C)S(=O)(=O)c1ccc(C)cc1. The number of carbonyl (C=O) groups excluding carboxylic acids is 2. The summed E-state index contributed by atoms with van der Waals surface area (Å²) in [5.74, 6) is -1.36. The Morgan fingerprint density at radius 1 is 1.02 bits per heavy atom. The molecule has 0 aliphatic carbocycles. The Kier molecular flexibility index (Phi) is 10.0. The van der Waals surface area contributed by atoms with Gasteiger partial charge in [0.05, 0.1) is 17.7 Å². The largest absolute Gasteiger partial charge is 0.495 e. The van der Waals surface area contributed by atoms with Crippen LogP contribution in [0.4, 0.5) is 10.1 Å². The summed E-state index contributed by atoms with van der Waals surface area (Å²) in [7, 11) is -2.93. The molecule has 1 N–H and O–H groups in total. The molecule has 0 spiro atoms. The second-order valence-electron chi connectivity index (χ2n) is 10.7. The lowest BCUT2D eigenvalue weighted by atomic mass is 10.1. The Balaban J connectivity index is 2.10. The number of halogens is 2. The van der Waals surface area contributed by atoms with Crippen molar-refractivity contribution >= 4 is 39.1 Å². The van der Waals surface area contributed by atoms with Crippen molar-refractivity contribution in [2.75, 3.05) is 18.0 Å². The van der Waals surface area contributed by atoms with E-state index in [9.17, 15) is 22.4 Å². The van der Waals surface area contributed by atoms with Crippen molar-refractivity contribution < 1.29 is 27.1 Å². The molecule has 0 aromatic heterocycles.